The largest absolute Gasteiger partial charge is 0.207 e. The van der Waals surface area contributed by atoms with E-state index in [0.29, 0.717) is 5.56 Å². The summed E-state index contributed by atoms with van der Waals surface area (Å²) in [6.45, 7) is 3.44. The van der Waals surface area contributed by atoms with Crippen LogP contribution in [-0.4, -0.2) is 0 Å². The van der Waals surface area contributed by atoms with Crippen molar-refractivity contribution in [3.63, 3.8) is 0 Å². The number of benzene rings is 1. The molecule has 0 N–H and O–H groups in total. The number of rotatable bonds is 2. The second-order valence-electron chi connectivity index (χ2n) is 2.26. The molecule has 0 nitrogen and oxygen atoms in total. The Bertz CT molecular complexity index is 314. The Balaban J connectivity index is 3.01. The second kappa shape index (κ2) is 3.81. The molecule has 0 atom stereocenters. The lowest BCUT2D eigenvalue weighted by atomic mass is 10.2. The van der Waals surface area contributed by atoms with Gasteiger partial charge < -0.3 is 0 Å². The minimum absolute atomic E-state index is 0.358. The van der Waals surface area contributed by atoms with E-state index in [2.05, 4.69) is 6.58 Å². The van der Waals surface area contributed by atoms with Crippen LogP contribution in [0, 0.1) is 11.6 Å². The van der Waals surface area contributed by atoms with Crippen molar-refractivity contribution in [3.05, 3.63) is 54.1 Å². The number of hydrogen-bond acceptors (Lipinski definition) is 0. The van der Waals surface area contributed by atoms with Crippen molar-refractivity contribution in [2.75, 3.05) is 0 Å². The first-order valence-corrected chi connectivity index (χ1v) is 3.48. The number of hydrogen-bond donors (Lipinski definition) is 0. The molecule has 0 amide bonds. The molecule has 62 valence electrons. The quantitative estimate of drug-likeness (QED) is 0.592. The van der Waals surface area contributed by atoms with Gasteiger partial charge in [0, 0.05) is 11.6 Å². The predicted molar refractivity (Wildman–Crippen MR) is 45.6 cm³/mol. The molecular formula is C10H8F2. The van der Waals surface area contributed by atoms with Crippen molar-refractivity contribution in [2.24, 2.45) is 0 Å². The van der Waals surface area contributed by atoms with Gasteiger partial charge >= 0.3 is 0 Å². The van der Waals surface area contributed by atoms with Crippen molar-refractivity contribution in [3.8, 4) is 0 Å². The van der Waals surface area contributed by atoms with Gasteiger partial charge in [-0.3, -0.25) is 0 Å². The highest BCUT2D eigenvalue weighted by atomic mass is 19.1. The van der Waals surface area contributed by atoms with E-state index in [1.54, 1.807) is 6.08 Å². The Kier molecular flexibility index (Phi) is 2.75. The zero-order valence-corrected chi connectivity index (χ0v) is 6.43. The zero-order chi connectivity index (χ0) is 8.97. The summed E-state index contributed by atoms with van der Waals surface area (Å²) < 4.78 is 25.2. The molecule has 1 aromatic carbocycles. The lowest BCUT2D eigenvalue weighted by Crippen LogP contribution is -1.83. The van der Waals surface area contributed by atoms with Crippen LogP contribution in [0.2, 0.25) is 0 Å². The second-order valence-corrected chi connectivity index (χ2v) is 2.26. The molecule has 0 heterocycles. The molecule has 0 unspecified atom stereocenters. The normalized spacial score (nSPS) is 10.5. The summed E-state index contributed by atoms with van der Waals surface area (Å²) in [5.74, 6) is -1.13. The Labute approximate surface area is 69.8 Å². The fourth-order valence-electron chi connectivity index (χ4n) is 0.808. The summed E-state index contributed by atoms with van der Waals surface area (Å²) in [5.41, 5.74) is 0.358. The highest BCUT2D eigenvalue weighted by molar-refractivity contribution is 5.51. The maximum atomic E-state index is 12.8. The summed E-state index contributed by atoms with van der Waals surface area (Å²) >= 11 is 0. The summed E-state index contributed by atoms with van der Waals surface area (Å²) in [4.78, 5) is 0. The molecule has 0 aliphatic heterocycles. The maximum absolute atomic E-state index is 12.8. The monoisotopic (exact) mass is 166 g/mol. The molecule has 0 aliphatic carbocycles. The smallest absolute Gasteiger partial charge is 0.133 e. The minimum Gasteiger partial charge on any atom is -0.207 e. The third-order valence-electron chi connectivity index (χ3n) is 1.37. The zero-order valence-electron chi connectivity index (χ0n) is 6.43. The van der Waals surface area contributed by atoms with E-state index in [-0.39, 0.29) is 0 Å². The average Bonchev–Trinajstić information content (AvgIpc) is 2.03. The first kappa shape index (κ1) is 8.65. The highest BCUT2D eigenvalue weighted by Crippen LogP contribution is 2.10. The molecule has 12 heavy (non-hydrogen) atoms. The Hall–Kier alpha value is -1.44. The van der Waals surface area contributed by atoms with Crippen LogP contribution < -0.4 is 0 Å². The SMILES string of the molecule is C=C/C=C/c1ccc(F)cc1F. The van der Waals surface area contributed by atoms with Crippen molar-refractivity contribution >= 4 is 6.08 Å². The molecule has 1 rings (SSSR count). The summed E-state index contributed by atoms with van der Waals surface area (Å²) in [5, 5.41) is 0. The van der Waals surface area contributed by atoms with Gasteiger partial charge in [-0.2, -0.15) is 0 Å². The lowest BCUT2D eigenvalue weighted by molar-refractivity contribution is 0.581. The molecular weight excluding hydrogens is 158 g/mol. The Morgan fingerprint density at radius 3 is 2.58 bits per heavy atom. The van der Waals surface area contributed by atoms with Crippen molar-refractivity contribution in [1.82, 2.24) is 0 Å². The van der Waals surface area contributed by atoms with Crippen LogP contribution in [0.5, 0.6) is 0 Å². The van der Waals surface area contributed by atoms with Gasteiger partial charge in [0.1, 0.15) is 11.6 Å². The first-order valence-electron chi connectivity index (χ1n) is 3.48. The van der Waals surface area contributed by atoms with Crippen molar-refractivity contribution < 1.29 is 8.78 Å². The van der Waals surface area contributed by atoms with Crippen LogP contribution >= 0.6 is 0 Å². The summed E-state index contributed by atoms with van der Waals surface area (Å²) in [7, 11) is 0. The molecule has 0 saturated carbocycles. The standard InChI is InChI=1S/C10H8F2/c1-2-3-4-8-5-6-9(11)7-10(8)12/h2-7H,1H2/b4-3+. The van der Waals surface area contributed by atoms with Crippen LogP contribution in [0.15, 0.2) is 36.9 Å². The average molecular weight is 166 g/mol. The van der Waals surface area contributed by atoms with Gasteiger partial charge in [-0.15, -0.1) is 0 Å². The van der Waals surface area contributed by atoms with Gasteiger partial charge in [0.15, 0.2) is 0 Å². The van der Waals surface area contributed by atoms with E-state index in [4.69, 9.17) is 0 Å². The molecule has 0 spiro atoms. The predicted octanol–water partition coefficient (Wildman–Crippen LogP) is 3.16. The van der Waals surface area contributed by atoms with E-state index < -0.39 is 11.6 Å². The lowest BCUT2D eigenvalue weighted by Gasteiger charge is -1.94. The van der Waals surface area contributed by atoms with E-state index in [1.165, 1.54) is 24.3 Å². The van der Waals surface area contributed by atoms with Gasteiger partial charge in [0.05, 0.1) is 0 Å². The van der Waals surface area contributed by atoms with Crippen LogP contribution in [-0.2, 0) is 0 Å². The van der Waals surface area contributed by atoms with E-state index in [9.17, 15) is 8.78 Å². The summed E-state index contributed by atoms with van der Waals surface area (Å²) in [6.07, 6.45) is 4.65. The molecule has 0 radical (unpaired) electrons. The third kappa shape index (κ3) is 2.02. The fraction of sp³-hybridized carbons (Fsp3) is 0. The minimum atomic E-state index is -0.566. The van der Waals surface area contributed by atoms with Gasteiger partial charge in [0.25, 0.3) is 0 Å². The van der Waals surface area contributed by atoms with E-state index >= 15 is 0 Å². The molecule has 0 saturated heterocycles. The molecule has 1 aromatic rings. The highest BCUT2D eigenvalue weighted by Gasteiger charge is 1.98. The Morgan fingerprint density at radius 2 is 2.00 bits per heavy atom. The third-order valence-corrected chi connectivity index (χ3v) is 1.37. The van der Waals surface area contributed by atoms with Gasteiger partial charge in [-0.05, 0) is 12.1 Å². The Morgan fingerprint density at radius 1 is 1.25 bits per heavy atom. The first-order chi connectivity index (χ1) is 5.74. The topological polar surface area (TPSA) is 0 Å². The molecule has 0 bridgehead atoms. The van der Waals surface area contributed by atoms with Gasteiger partial charge in [-0.1, -0.05) is 24.8 Å². The fourth-order valence-corrected chi connectivity index (χ4v) is 0.808. The van der Waals surface area contributed by atoms with Crippen LogP contribution in [0.4, 0.5) is 8.78 Å². The van der Waals surface area contributed by atoms with Gasteiger partial charge in [0.2, 0.25) is 0 Å². The van der Waals surface area contributed by atoms with Crippen molar-refractivity contribution in [2.45, 2.75) is 0 Å². The van der Waals surface area contributed by atoms with Crippen molar-refractivity contribution in [1.29, 1.82) is 0 Å². The van der Waals surface area contributed by atoms with E-state index in [1.807, 2.05) is 0 Å². The van der Waals surface area contributed by atoms with Crippen LogP contribution in [0.1, 0.15) is 5.56 Å². The number of halogens is 2. The maximum Gasteiger partial charge on any atom is 0.133 e. The molecule has 0 aromatic heterocycles. The van der Waals surface area contributed by atoms with Gasteiger partial charge in [-0.25, -0.2) is 8.78 Å². The van der Waals surface area contributed by atoms with Crippen LogP contribution in [0.25, 0.3) is 6.08 Å². The molecule has 2 heteroatoms. The molecule has 0 fully saturated rings. The van der Waals surface area contributed by atoms with E-state index in [0.717, 1.165) is 6.07 Å². The van der Waals surface area contributed by atoms with Crippen LogP contribution in [0.3, 0.4) is 0 Å². The molecule has 0 aliphatic rings. The number of allylic oxidation sites excluding steroid dienone is 2. The summed E-state index contributed by atoms with van der Waals surface area (Å²) in [6, 6.07) is 3.44.